The van der Waals surface area contributed by atoms with Crippen LogP contribution in [0.5, 0.6) is 5.75 Å². The summed E-state index contributed by atoms with van der Waals surface area (Å²) in [5, 5.41) is 11.3. The number of hydrogen-bond acceptors (Lipinski definition) is 5. The van der Waals surface area contributed by atoms with Crippen LogP contribution in [-0.2, 0) is 17.9 Å². The van der Waals surface area contributed by atoms with Gasteiger partial charge in [-0.25, -0.2) is 9.67 Å². The van der Waals surface area contributed by atoms with E-state index in [1.165, 1.54) is 0 Å². The molecule has 0 spiro atoms. The minimum Gasteiger partial charge on any atom is -0.497 e. The molecule has 140 valence electrons. The first-order valence-corrected chi connectivity index (χ1v) is 8.39. The summed E-state index contributed by atoms with van der Waals surface area (Å²) in [5.41, 5.74) is 9.46. The standard InChI is InChI=1S/C19H22N6O2/c1-26-13-14-5-3-4-6-18(14)22-19(20)21-11-15-12-25(24-23-15)16-7-9-17(27-2)10-8-16/h3-10,12H,11,13H2,1-2H3,(H3,20,21,22). The number of guanidine groups is 1. The Morgan fingerprint density at radius 1 is 1.15 bits per heavy atom. The molecule has 8 nitrogen and oxygen atoms in total. The highest BCUT2D eigenvalue weighted by molar-refractivity contribution is 5.92. The molecule has 0 fully saturated rings. The maximum atomic E-state index is 6.00. The fourth-order valence-corrected chi connectivity index (χ4v) is 2.50. The summed E-state index contributed by atoms with van der Waals surface area (Å²) >= 11 is 0. The lowest BCUT2D eigenvalue weighted by atomic mass is 10.2. The summed E-state index contributed by atoms with van der Waals surface area (Å²) in [5.74, 6) is 1.09. The van der Waals surface area contributed by atoms with E-state index in [-0.39, 0.29) is 0 Å². The van der Waals surface area contributed by atoms with Gasteiger partial charge in [-0.15, -0.1) is 5.10 Å². The van der Waals surface area contributed by atoms with E-state index in [4.69, 9.17) is 15.2 Å². The maximum absolute atomic E-state index is 6.00. The second-order valence-electron chi connectivity index (χ2n) is 5.77. The Hall–Kier alpha value is -3.39. The number of rotatable bonds is 7. The van der Waals surface area contributed by atoms with Crippen LogP contribution in [0, 0.1) is 0 Å². The molecule has 3 rings (SSSR count). The molecule has 3 aromatic rings. The highest BCUT2D eigenvalue weighted by Gasteiger charge is 2.05. The molecule has 0 radical (unpaired) electrons. The van der Waals surface area contributed by atoms with E-state index in [0.717, 1.165) is 22.7 Å². The molecule has 0 saturated carbocycles. The summed E-state index contributed by atoms with van der Waals surface area (Å²) in [6, 6.07) is 15.3. The first-order valence-electron chi connectivity index (χ1n) is 8.39. The number of hydrogen-bond donors (Lipinski definition) is 2. The van der Waals surface area contributed by atoms with Crippen molar-refractivity contribution in [1.29, 1.82) is 0 Å². The molecule has 0 saturated heterocycles. The van der Waals surface area contributed by atoms with E-state index >= 15 is 0 Å². The minimum atomic E-state index is 0.303. The van der Waals surface area contributed by atoms with Gasteiger partial charge in [-0.1, -0.05) is 23.4 Å². The molecule has 0 atom stereocenters. The number of aromatic nitrogens is 3. The number of benzene rings is 2. The van der Waals surface area contributed by atoms with Gasteiger partial charge in [-0.3, -0.25) is 0 Å². The molecule has 3 N–H and O–H groups in total. The molecular formula is C19H22N6O2. The molecule has 0 amide bonds. The van der Waals surface area contributed by atoms with Crippen molar-refractivity contribution in [3.63, 3.8) is 0 Å². The van der Waals surface area contributed by atoms with Crippen molar-refractivity contribution in [3.8, 4) is 11.4 Å². The third-order valence-corrected chi connectivity index (χ3v) is 3.87. The Balaban J connectivity index is 1.65. The first-order chi connectivity index (χ1) is 13.2. The first kappa shape index (κ1) is 18.4. The molecule has 0 unspecified atom stereocenters. The molecule has 0 aliphatic rings. The molecule has 0 aliphatic heterocycles. The van der Waals surface area contributed by atoms with Crippen molar-refractivity contribution in [2.75, 3.05) is 19.5 Å². The van der Waals surface area contributed by atoms with Crippen molar-refractivity contribution in [3.05, 3.63) is 66.0 Å². The van der Waals surface area contributed by atoms with Crippen LogP contribution < -0.4 is 15.8 Å². The monoisotopic (exact) mass is 366 g/mol. The highest BCUT2D eigenvalue weighted by atomic mass is 16.5. The zero-order valence-electron chi connectivity index (χ0n) is 15.3. The van der Waals surface area contributed by atoms with Crippen molar-refractivity contribution in [2.24, 2.45) is 10.7 Å². The van der Waals surface area contributed by atoms with Crippen LogP contribution in [0.15, 0.2) is 59.7 Å². The van der Waals surface area contributed by atoms with Crippen LogP contribution in [-0.4, -0.2) is 35.2 Å². The zero-order valence-corrected chi connectivity index (χ0v) is 15.3. The van der Waals surface area contributed by atoms with Gasteiger partial charge in [0.15, 0.2) is 5.96 Å². The molecule has 8 heteroatoms. The molecule has 1 aromatic heterocycles. The fourth-order valence-electron chi connectivity index (χ4n) is 2.50. The van der Waals surface area contributed by atoms with Crippen molar-refractivity contribution < 1.29 is 9.47 Å². The lowest BCUT2D eigenvalue weighted by Gasteiger charge is -2.10. The van der Waals surface area contributed by atoms with Crippen molar-refractivity contribution in [2.45, 2.75) is 13.2 Å². The molecule has 2 aromatic carbocycles. The second-order valence-corrected chi connectivity index (χ2v) is 5.77. The smallest absolute Gasteiger partial charge is 0.193 e. The third-order valence-electron chi connectivity index (χ3n) is 3.87. The van der Waals surface area contributed by atoms with Gasteiger partial charge in [0, 0.05) is 18.4 Å². The Bertz CT molecular complexity index is 905. The predicted octanol–water partition coefficient (Wildman–Crippen LogP) is 2.35. The molecule has 27 heavy (non-hydrogen) atoms. The number of nitrogens with one attached hydrogen (secondary N) is 1. The Kier molecular flexibility index (Phi) is 6.01. The molecule has 1 heterocycles. The summed E-state index contributed by atoms with van der Waals surface area (Å²) in [4.78, 5) is 4.33. The van der Waals surface area contributed by atoms with Crippen LogP contribution >= 0.6 is 0 Å². The summed E-state index contributed by atoms with van der Waals surface area (Å²) in [7, 11) is 3.28. The number of ether oxygens (including phenoxy) is 2. The van der Waals surface area contributed by atoms with Gasteiger partial charge in [-0.05, 0) is 30.3 Å². The topological polar surface area (TPSA) is 99.6 Å². The molecule has 0 bridgehead atoms. The number of methoxy groups -OCH3 is 2. The van der Waals surface area contributed by atoms with Gasteiger partial charge >= 0.3 is 0 Å². The van der Waals surface area contributed by atoms with Gasteiger partial charge in [0.2, 0.25) is 0 Å². The van der Waals surface area contributed by atoms with E-state index in [0.29, 0.717) is 24.8 Å². The number of para-hydroxylation sites is 1. The Morgan fingerprint density at radius 2 is 1.93 bits per heavy atom. The lowest BCUT2D eigenvalue weighted by molar-refractivity contribution is 0.185. The summed E-state index contributed by atoms with van der Waals surface area (Å²) < 4.78 is 12.0. The quantitative estimate of drug-likeness (QED) is 0.492. The second kappa shape index (κ2) is 8.81. The van der Waals surface area contributed by atoms with Gasteiger partial charge in [0.25, 0.3) is 0 Å². The van der Waals surface area contributed by atoms with Crippen LogP contribution in [0.4, 0.5) is 5.69 Å². The number of nitrogens with zero attached hydrogens (tertiary/aromatic N) is 4. The lowest BCUT2D eigenvalue weighted by Crippen LogP contribution is -2.23. The van der Waals surface area contributed by atoms with E-state index in [1.807, 2.05) is 54.7 Å². The molecular weight excluding hydrogens is 344 g/mol. The fraction of sp³-hybridized carbons (Fsp3) is 0.211. The van der Waals surface area contributed by atoms with E-state index in [1.54, 1.807) is 18.9 Å². The van der Waals surface area contributed by atoms with Crippen molar-refractivity contribution >= 4 is 11.6 Å². The maximum Gasteiger partial charge on any atom is 0.193 e. The van der Waals surface area contributed by atoms with E-state index in [2.05, 4.69) is 20.6 Å². The minimum absolute atomic E-state index is 0.303. The van der Waals surface area contributed by atoms with Crippen molar-refractivity contribution in [1.82, 2.24) is 15.0 Å². The highest BCUT2D eigenvalue weighted by Crippen LogP contribution is 2.16. The zero-order chi connectivity index (χ0) is 19.1. The number of nitrogens with two attached hydrogens (primary N) is 1. The average Bonchev–Trinajstić information content (AvgIpc) is 3.17. The van der Waals surface area contributed by atoms with Gasteiger partial charge in [0.05, 0.1) is 32.1 Å². The molecule has 0 aliphatic carbocycles. The summed E-state index contributed by atoms with van der Waals surface area (Å²) in [6.07, 6.45) is 1.82. The average molecular weight is 366 g/mol. The Labute approximate surface area is 157 Å². The third kappa shape index (κ3) is 4.83. The largest absolute Gasteiger partial charge is 0.497 e. The van der Waals surface area contributed by atoms with Gasteiger partial charge in [-0.2, -0.15) is 0 Å². The van der Waals surface area contributed by atoms with Crippen LogP contribution in [0.1, 0.15) is 11.3 Å². The normalized spacial score (nSPS) is 11.4. The number of aliphatic imine (C=N–C) groups is 1. The Morgan fingerprint density at radius 3 is 2.67 bits per heavy atom. The predicted molar refractivity (Wildman–Crippen MR) is 104 cm³/mol. The SMILES string of the molecule is COCc1ccccc1NC(N)=NCc1cn(-c2ccc(OC)cc2)nn1. The summed E-state index contributed by atoms with van der Waals surface area (Å²) in [6.45, 7) is 0.814. The van der Waals surface area contributed by atoms with Crippen LogP contribution in [0.25, 0.3) is 5.69 Å². The van der Waals surface area contributed by atoms with Crippen LogP contribution in [0.2, 0.25) is 0 Å². The van der Waals surface area contributed by atoms with E-state index in [9.17, 15) is 0 Å². The van der Waals surface area contributed by atoms with Gasteiger partial charge < -0.3 is 20.5 Å². The van der Waals surface area contributed by atoms with Gasteiger partial charge in [0.1, 0.15) is 11.4 Å². The van der Waals surface area contributed by atoms with E-state index < -0.39 is 0 Å². The van der Waals surface area contributed by atoms with Crippen LogP contribution in [0.3, 0.4) is 0 Å². The number of anilines is 1.